The highest BCUT2D eigenvalue weighted by Gasteiger charge is 2.49. The fourth-order valence-electron chi connectivity index (χ4n) is 0.740. The topological polar surface area (TPSA) is 86.6 Å². The zero-order valence-electron chi connectivity index (χ0n) is 7.79. The number of rotatable bonds is 6. The van der Waals surface area contributed by atoms with E-state index in [9.17, 15) is 27.2 Å². The summed E-state index contributed by atoms with van der Waals surface area (Å²) in [6.07, 6.45) is -4.78. The van der Waals surface area contributed by atoms with Gasteiger partial charge in [-0.1, -0.05) is 0 Å². The van der Waals surface area contributed by atoms with Crippen LogP contribution in [0.15, 0.2) is 0 Å². The lowest BCUT2D eigenvalue weighted by molar-refractivity contribution is -0.171. The molecule has 0 radical (unpaired) electrons. The molecule has 0 aromatic carbocycles. The number of amides is 1. The molecule has 0 spiro atoms. The van der Waals surface area contributed by atoms with Gasteiger partial charge in [-0.2, -0.15) is 8.78 Å². The standard InChI is InChI=1S/C7H9F4NO4/c8-5(9)7(10,11)6(16)12-3(1-2-13)4(14)15/h3,5,13H,1-2H2,(H,12,16)(H,14,15)/t3-/m0/s1. The van der Waals surface area contributed by atoms with E-state index in [1.807, 2.05) is 0 Å². The third-order valence-electron chi connectivity index (χ3n) is 1.60. The van der Waals surface area contributed by atoms with Crippen molar-refractivity contribution in [3.63, 3.8) is 0 Å². The lowest BCUT2D eigenvalue weighted by Gasteiger charge is -2.18. The molecule has 0 rings (SSSR count). The maximum absolute atomic E-state index is 12.4. The number of alkyl halides is 4. The van der Waals surface area contributed by atoms with E-state index < -0.39 is 43.3 Å². The van der Waals surface area contributed by atoms with Gasteiger partial charge in [0.05, 0.1) is 0 Å². The second-order valence-corrected chi connectivity index (χ2v) is 2.80. The maximum Gasteiger partial charge on any atom is 0.383 e. The van der Waals surface area contributed by atoms with Crippen molar-refractivity contribution in [1.29, 1.82) is 0 Å². The van der Waals surface area contributed by atoms with Crippen LogP contribution >= 0.6 is 0 Å². The van der Waals surface area contributed by atoms with E-state index in [4.69, 9.17) is 10.2 Å². The Balaban J connectivity index is 4.58. The van der Waals surface area contributed by atoms with Crippen LogP contribution in [0.4, 0.5) is 17.6 Å². The number of hydrogen-bond donors (Lipinski definition) is 3. The van der Waals surface area contributed by atoms with Crippen molar-refractivity contribution in [2.24, 2.45) is 0 Å². The Kier molecular flexibility index (Phi) is 5.15. The summed E-state index contributed by atoms with van der Waals surface area (Å²) in [5.74, 6) is -9.04. The normalized spacial score (nSPS) is 13.6. The van der Waals surface area contributed by atoms with Crippen molar-refractivity contribution in [3.05, 3.63) is 0 Å². The fraction of sp³-hybridized carbons (Fsp3) is 0.714. The van der Waals surface area contributed by atoms with Gasteiger partial charge in [0, 0.05) is 13.0 Å². The molecule has 0 aliphatic heterocycles. The van der Waals surface area contributed by atoms with Crippen molar-refractivity contribution in [3.8, 4) is 0 Å². The van der Waals surface area contributed by atoms with Crippen LogP contribution < -0.4 is 5.32 Å². The molecule has 0 aromatic heterocycles. The quantitative estimate of drug-likeness (QED) is 0.569. The molecule has 0 unspecified atom stereocenters. The van der Waals surface area contributed by atoms with Gasteiger partial charge in [0.15, 0.2) is 0 Å². The van der Waals surface area contributed by atoms with Crippen LogP contribution in [0.25, 0.3) is 0 Å². The van der Waals surface area contributed by atoms with Crippen molar-refractivity contribution in [2.75, 3.05) is 6.61 Å². The number of hydrogen-bond acceptors (Lipinski definition) is 3. The first-order chi connectivity index (χ1) is 7.23. The second-order valence-electron chi connectivity index (χ2n) is 2.80. The molecule has 0 aromatic rings. The predicted molar refractivity (Wildman–Crippen MR) is 42.2 cm³/mol. The molecule has 1 atom stereocenters. The number of nitrogens with one attached hydrogen (secondary N) is 1. The highest BCUT2D eigenvalue weighted by atomic mass is 19.3. The van der Waals surface area contributed by atoms with Crippen LogP contribution in [0.1, 0.15) is 6.42 Å². The summed E-state index contributed by atoms with van der Waals surface area (Å²) in [5.41, 5.74) is 0. The molecule has 0 heterocycles. The van der Waals surface area contributed by atoms with Gasteiger partial charge in [-0.15, -0.1) is 0 Å². The van der Waals surface area contributed by atoms with Crippen LogP contribution in [-0.4, -0.2) is 47.1 Å². The van der Waals surface area contributed by atoms with E-state index in [0.717, 1.165) is 0 Å². The molecule has 0 bridgehead atoms. The van der Waals surface area contributed by atoms with Crippen LogP contribution in [-0.2, 0) is 9.59 Å². The first kappa shape index (κ1) is 14.6. The number of aliphatic hydroxyl groups excluding tert-OH is 1. The molecule has 1 amide bonds. The zero-order valence-corrected chi connectivity index (χ0v) is 7.79. The minimum Gasteiger partial charge on any atom is -0.480 e. The molecule has 0 aliphatic carbocycles. The molecule has 3 N–H and O–H groups in total. The molecular formula is C7H9F4NO4. The number of aliphatic carboxylic acids is 1. The maximum atomic E-state index is 12.4. The van der Waals surface area contributed by atoms with Gasteiger partial charge < -0.3 is 15.5 Å². The summed E-state index contributed by atoms with van der Waals surface area (Å²) in [6, 6.07) is -1.83. The van der Waals surface area contributed by atoms with E-state index in [1.165, 1.54) is 5.32 Å². The number of carboxylic acid groups (broad SMARTS) is 1. The summed E-state index contributed by atoms with van der Waals surface area (Å²) in [4.78, 5) is 21.0. The minimum absolute atomic E-state index is 0.555. The molecule has 0 saturated carbocycles. The van der Waals surface area contributed by atoms with Crippen LogP contribution in [0.3, 0.4) is 0 Å². The third kappa shape index (κ3) is 3.65. The van der Waals surface area contributed by atoms with Gasteiger partial charge >= 0.3 is 18.3 Å². The SMILES string of the molecule is O=C(O)[C@H](CCO)NC(=O)C(F)(F)C(F)F. The van der Waals surface area contributed by atoms with Gasteiger partial charge in [-0.25, -0.2) is 13.6 Å². The predicted octanol–water partition coefficient (Wildman–Crippen LogP) is -0.161. The van der Waals surface area contributed by atoms with Crippen molar-refractivity contribution < 1.29 is 37.4 Å². The first-order valence-electron chi connectivity index (χ1n) is 4.04. The fourth-order valence-corrected chi connectivity index (χ4v) is 0.740. The molecule has 0 aliphatic rings. The Hall–Kier alpha value is -1.38. The van der Waals surface area contributed by atoms with Gasteiger partial charge in [0.25, 0.3) is 5.91 Å². The minimum atomic E-state index is -4.96. The summed E-state index contributed by atoms with van der Waals surface area (Å²) < 4.78 is 48.2. The number of carboxylic acids is 1. The summed E-state index contributed by atoms with van der Waals surface area (Å²) in [6.45, 7) is -0.697. The van der Waals surface area contributed by atoms with Crippen molar-refractivity contribution >= 4 is 11.9 Å². The molecule has 94 valence electrons. The monoisotopic (exact) mass is 247 g/mol. The second kappa shape index (κ2) is 5.64. The highest BCUT2D eigenvalue weighted by Crippen LogP contribution is 2.23. The van der Waals surface area contributed by atoms with E-state index in [1.54, 1.807) is 0 Å². The van der Waals surface area contributed by atoms with E-state index in [-0.39, 0.29) is 0 Å². The van der Waals surface area contributed by atoms with E-state index in [0.29, 0.717) is 0 Å². The number of carbonyl (C=O) groups excluding carboxylic acids is 1. The molecular weight excluding hydrogens is 238 g/mol. The van der Waals surface area contributed by atoms with Gasteiger partial charge in [-0.05, 0) is 0 Å². The summed E-state index contributed by atoms with van der Waals surface area (Å²) >= 11 is 0. The number of aliphatic hydroxyl groups is 1. The van der Waals surface area contributed by atoms with Gasteiger partial charge in [0.2, 0.25) is 0 Å². The Bertz CT molecular complexity index is 271. The number of halogens is 4. The lowest BCUT2D eigenvalue weighted by atomic mass is 10.2. The van der Waals surface area contributed by atoms with Crippen LogP contribution in [0, 0.1) is 0 Å². The average molecular weight is 247 g/mol. The Labute approximate surface area is 87.1 Å². The van der Waals surface area contributed by atoms with Gasteiger partial charge in [-0.3, -0.25) is 4.79 Å². The van der Waals surface area contributed by atoms with Crippen LogP contribution in [0.5, 0.6) is 0 Å². The zero-order chi connectivity index (χ0) is 12.9. The summed E-state index contributed by atoms with van der Waals surface area (Å²) in [7, 11) is 0. The molecule has 9 heteroatoms. The number of carbonyl (C=O) groups is 2. The smallest absolute Gasteiger partial charge is 0.383 e. The van der Waals surface area contributed by atoms with Crippen molar-refractivity contribution in [1.82, 2.24) is 5.32 Å². The molecule has 5 nitrogen and oxygen atoms in total. The lowest BCUT2D eigenvalue weighted by Crippen LogP contribution is -2.51. The van der Waals surface area contributed by atoms with E-state index >= 15 is 0 Å². The highest BCUT2D eigenvalue weighted by molar-refractivity contribution is 5.88. The Morgan fingerprint density at radius 2 is 1.81 bits per heavy atom. The van der Waals surface area contributed by atoms with E-state index in [2.05, 4.69) is 0 Å². The Morgan fingerprint density at radius 3 is 2.12 bits per heavy atom. The summed E-state index contributed by atoms with van der Waals surface area (Å²) in [5, 5.41) is 18.0. The largest absolute Gasteiger partial charge is 0.480 e. The van der Waals surface area contributed by atoms with Crippen molar-refractivity contribution in [2.45, 2.75) is 24.8 Å². The third-order valence-corrected chi connectivity index (χ3v) is 1.60. The molecule has 0 fully saturated rings. The first-order valence-corrected chi connectivity index (χ1v) is 4.04. The van der Waals surface area contributed by atoms with Crippen LogP contribution in [0.2, 0.25) is 0 Å². The average Bonchev–Trinajstić information content (AvgIpc) is 2.16. The molecule has 0 saturated heterocycles. The molecule has 16 heavy (non-hydrogen) atoms. The van der Waals surface area contributed by atoms with Gasteiger partial charge in [0.1, 0.15) is 6.04 Å². The Morgan fingerprint density at radius 1 is 1.31 bits per heavy atom.